The lowest BCUT2D eigenvalue weighted by atomic mass is 10.4. The van der Waals surface area contributed by atoms with E-state index in [2.05, 4.69) is 19.8 Å². The number of aromatic amines is 1. The van der Waals surface area contributed by atoms with E-state index in [1.54, 1.807) is 13.0 Å². The predicted molar refractivity (Wildman–Crippen MR) is 56.1 cm³/mol. The maximum Gasteiger partial charge on any atom is 0.240 e. The quantitative estimate of drug-likeness (QED) is 0.819. The number of aryl methyl sites for hydroxylation is 1. The Kier molecular flexibility index (Phi) is 2.65. The van der Waals surface area contributed by atoms with Gasteiger partial charge in [0, 0.05) is 18.5 Å². The van der Waals surface area contributed by atoms with Crippen LogP contribution in [-0.2, 0) is 15.8 Å². The van der Waals surface area contributed by atoms with Crippen LogP contribution in [0.2, 0.25) is 0 Å². The molecule has 0 aliphatic carbocycles. The van der Waals surface area contributed by atoms with Crippen LogP contribution in [0.4, 0.5) is 5.95 Å². The summed E-state index contributed by atoms with van der Waals surface area (Å²) in [7, 11) is -3.51. The first-order valence-electron chi connectivity index (χ1n) is 4.47. The molecule has 0 saturated carbocycles. The predicted octanol–water partition coefficient (Wildman–Crippen LogP) is 0.648. The van der Waals surface area contributed by atoms with Gasteiger partial charge in [0.15, 0.2) is 0 Å². The van der Waals surface area contributed by atoms with Crippen LogP contribution in [0, 0.1) is 6.92 Å². The molecule has 0 bridgehead atoms. The van der Waals surface area contributed by atoms with E-state index < -0.39 is 10.0 Å². The van der Waals surface area contributed by atoms with Crippen LogP contribution in [0.25, 0.3) is 0 Å². The minimum Gasteiger partial charge on any atom is -0.361 e. The third-order valence-electron chi connectivity index (χ3n) is 1.77. The molecule has 0 unspecified atom stereocenters. The number of hydrogen-bond acceptors (Lipinski definition) is 5. The minimum atomic E-state index is -3.51. The monoisotopic (exact) mass is 242 g/mol. The van der Waals surface area contributed by atoms with Crippen LogP contribution in [0.15, 0.2) is 23.0 Å². The molecule has 0 atom stereocenters. The fourth-order valence-electron chi connectivity index (χ4n) is 1.19. The van der Waals surface area contributed by atoms with Gasteiger partial charge in [-0.2, -0.15) is 0 Å². The smallest absolute Gasteiger partial charge is 0.240 e. The van der Waals surface area contributed by atoms with Gasteiger partial charge in [0.2, 0.25) is 16.0 Å². The summed E-state index contributed by atoms with van der Waals surface area (Å²) in [5, 5.41) is 3.61. The van der Waals surface area contributed by atoms with Crippen LogP contribution < -0.4 is 4.72 Å². The molecule has 0 amide bonds. The third kappa shape index (κ3) is 2.60. The van der Waals surface area contributed by atoms with Crippen molar-refractivity contribution in [1.82, 2.24) is 15.1 Å². The molecule has 2 N–H and O–H groups in total. The molecule has 0 aliphatic heterocycles. The molecule has 2 heterocycles. The minimum absolute atomic E-state index is 0.181. The number of nitrogens with one attached hydrogen (secondary N) is 2. The van der Waals surface area contributed by atoms with Crippen LogP contribution in [-0.4, -0.2) is 23.5 Å². The molecule has 0 radical (unpaired) electrons. The van der Waals surface area contributed by atoms with Gasteiger partial charge in [0.05, 0.1) is 0 Å². The Morgan fingerprint density at radius 2 is 2.38 bits per heavy atom. The average molecular weight is 242 g/mol. The van der Waals surface area contributed by atoms with E-state index in [9.17, 15) is 8.42 Å². The van der Waals surface area contributed by atoms with Gasteiger partial charge in [-0.05, 0) is 6.92 Å². The van der Waals surface area contributed by atoms with E-state index in [0.29, 0.717) is 11.5 Å². The molecule has 0 fully saturated rings. The van der Waals surface area contributed by atoms with E-state index in [4.69, 9.17) is 4.52 Å². The number of anilines is 1. The molecule has 2 aromatic rings. The molecule has 0 saturated heterocycles. The molecule has 8 heteroatoms. The van der Waals surface area contributed by atoms with Gasteiger partial charge in [-0.1, -0.05) is 5.16 Å². The molecule has 7 nitrogen and oxygen atoms in total. The van der Waals surface area contributed by atoms with Crippen LogP contribution in [0.1, 0.15) is 11.5 Å². The van der Waals surface area contributed by atoms with Gasteiger partial charge in [-0.3, -0.25) is 4.72 Å². The van der Waals surface area contributed by atoms with Crippen molar-refractivity contribution in [3.8, 4) is 0 Å². The second kappa shape index (κ2) is 3.97. The van der Waals surface area contributed by atoms with E-state index in [1.165, 1.54) is 12.4 Å². The van der Waals surface area contributed by atoms with Crippen molar-refractivity contribution in [2.24, 2.45) is 0 Å². The zero-order chi connectivity index (χ0) is 11.6. The Morgan fingerprint density at radius 3 is 2.94 bits per heavy atom. The zero-order valence-electron chi connectivity index (χ0n) is 8.47. The fraction of sp³-hybridized carbons (Fsp3) is 0.250. The molecule has 2 aromatic heterocycles. The molecule has 0 aromatic carbocycles. The van der Waals surface area contributed by atoms with Crippen molar-refractivity contribution in [2.45, 2.75) is 12.7 Å². The molecule has 0 spiro atoms. The standard InChI is InChI=1S/C8H10N4O3S/c1-6-4-7(11-15-6)5-16(13,14)12-8-9-2-3-10-8/h2-4H,5H2,1H3,(H2,9,10,12). The summed E-state index contributed by atoms with van der Waals surface area (Å²) in [5.74, 6) is 0.508. The first-order valence-corrected chi connectivity index (χ1v) is 6.12. The number of hydrogen-bond donors (Lipinski definition) is 2. The largest absolute Gasteiger partial charge is 0.361 e. The molecular weight excluding hydrogens is 232 g/mol. The lowest BCUT2D eigenvalue weighted by Gasteiger charge is -2.01. The number of sulfonamides is 1. The average Bonchev–Trinajstić information content (AvgIpc) is 2.76. The Morgan fingerprint density at radius 1 is 1.56 bits per heavy atom. The second-order valence-electron chi connectivity index (χ2n) is 3.23. The Balaban J connectivity index is 2.09. The number of imidazole rings is 1. The van der Waals surface area contributed by atoms with Crippen molar-refractivity contribution in [1.29, 1.82) is 0 Å². The summed E-state index contributed by atoms with van der Waals surface area (Å²) in [5.41, 5.74) is 0.358. The molecular formula is C8H10N4O3S. The van der Waals surface area contributed by atoms with Crippen LogP contribution >= 0.6 is 0 Å². The Bertz CT molecular complexity index is 558. The second-order valence-corrected chi connectivity index (χ2v) is 4.95. The summed E-state index contributed by atoms with van der Waals surface area (Å²) < 4.78 is 30.3. The zero-order valence-corrected chi connectivity index (χ0v) is 9.28. The number of aromatic nitrogens is 3. The van der Waals surface area contributed by atoms with Crippen molar-refractivity contribution >= 4 is 16.0 Å². The van der Waals surface area contributed by atoms with Crippen molar-refractivity contribution in [2.75, 3.05) is 4.72 Å². The lowest BCUT2D eigenvalue weighted by Crippen LogP contribution is -2.16. The first-order chi connectivity index (χ1) is 7.55. The Hall–Kier alpha value is -1.83. The highest BCUT2D eigenvalue weighted by molar-refractivity contribution is 7.91. The maximum absolute atomic E-state index is 11.6. The van der Waals surface area contributed by atoms with Gasteiger partial charge in [0.1, 0.15) is 17.2 Å². The summed E-state index contributed by atoms with van der Waals surface area (Å²) in [6.45, 7) is 1.70. The lowest BCUT2D eigenvalue weighted by molar-refractivity contribution is 0.392. The molecule has 2 rings (SSSR count). The first kappa shape index (κ1) is 10.7. The normalized spacial score (nSPS) is 11.6. The van der Waals surface area contributed by atoms with Gasteiger partial charge in [-0.25, -0.2) is 13.4 Å². The van der Waals surface area contributed by atoms with Gasteiger partial charge in [0.25, 0.3) is 0 Å². The van der Waals surface area contributed by atoms with E-state index in [1.807, 2.05) is 0 Å². The molecule has 86 valence electrons. The maximum atomic E-state index is 11.6. The van der Waals surface area contributed by atoms with E-state index >= 15 is 0 Å². The van der Waals surface area contributed by atoms with Crippen molar-refractivity contribution < 1.29 is 12.9 Å². The highest BCUT2D eigenvalue weighted by atomic mass is 32.2. The SMILES string of the molecule is Cc1cc(CS(=O)(=O)Nc2ncc[nH]2)no1. The molecule has 16 heavy (non-hydrogen) atoms. The number of rotatable bonds is 4. The number of H-pyrrole nitrogens is 1. The van der Waals surface area contributed by atoms with Crippen LogP contribution in [0.3, 0.4) is 0 Å². The van der Waals surface area contributed by atoms with Gasteiger partial charge in [-0.15, -0.1) is 0 Å². The summed E-state index contributed by atoms with van der Waals surface area (Å²) in [4.78, 5) is 6.40. The molecule has 0 aliphatic rings. The highest BCUT2D eigenvalue weighted by Gasteiger charge is 2.15. The van der Waals surface area contributed by atoms with Crippen molar-refractivity contribution in [3.05, 3.63) is 29.9 Å². The topological polar surface area (TPSA) is 101 Å². The van der Waals surface area contributed by atoms with E-state index in [-0.39, 0.29) is 11.7 Å². The van der Waals surface area contributed by atoms with Gasteiger partial charge >= 0.3 is 0 Å². The summed E-state index contributed by atoms with van der Waals surface area (Å²) in [6, 6.07) is 1.57. The fourth-order valence-corrected chi connectivity index (χ4v) is 2.19. The van der Waals surface area contributed by atoms with E-state index in [0.717, 1.165) is 0 Å². The number of nitrogens with zero attached hydrogens (tertiary/aromatic N) is 2. The summed E-state index contributed by atoms with van der Waals surface area (Å²) in [6.07, 6.45) is 2.98. The highest BCUT2D eigenvalue weighted by Crippen LogP contribution is 2.08. The Labute approximate surface area is 91.9 Å². The van der Waals surface area contributed by atoms with Crippen molar-refractivity contribution in [3.63, 3.8) is 0 Å². The van der Waals surface area contributed by atoms with Gasteiger partial charge < -0.3 is 9.51 Å². The summed E-state index contributed by atoms with van der Waals surface area (Å²) >= 11 is 0. The van der Waals surface area contributed by atoms with Crippen LogP contribution in [0.5, 0.6) is 0 Å². The third-order valence-corrected chi connectivity index (χ3v) is 2.95.